The summed E-state index contributed by atoms with van der Waals surface area (Å²) in [6, 6.07) is 23.5. The van der Waals surface area contributed by atoms with Crippen molar-refractivity contribution in [2.24, 2.45) is 0 Å². The number of fused-ring (bicyclic) bond motifs is 7. The molecule has 0 radical (unpaired) electrons. The molecule has 0 aliphatic rings. The van der Waals surface area contributed by atoms with Crippen molar-refractivity contribution in [3.05, 3.63) is 70.5 Å². The van der Waals surface area contributed by atoms with E-state index in [0.717, 1.165) is 0 Å². The molecule has 0 fully saturated rings. The third-order valence-electron chi connectivity index (χ3n) is 5.88. The van der Waals surface area contributed by atoms with E-state index in [9.17, 15) is 0 Å². The molecule has 0 nitrogen and oxygen atoms in total. The van der Waals surface area contributed by atoms with Gasteiger partial charge in [0.2, 0.25) is 0 Å². The molecule has 0 spiro atoms. The fourth-order valence-electron chi connectivity index (χ4n) is 4.40. The molecule has 0 N–H and O–H groups in total. The minimum atomic E-state index is 0.496. The van der Waals surface area contributed by atoms with E-state index in [2.05, 4.69) is 70.5 Å². The van der Waals surface area contributed by atoms with Crippen molar-refractivity contribution in [2.75, 3.05) is 0 Å². The van der Waals surface area contributed by atoms with Crippen molar-refractivity contribution in [3.8, 4) is 18.6 Å². The van der Waals surface area contributed by atoms with Gasteiger partial charge in [-0.3, -0.25) is 0 Å². The number of thiophene rings is 4. The van der Waals surface area contributed by atoms with Gasteiger partial charge in [-0.05, 0) is 0 Å². The molecule has 8 rings (SSSR count). The van der Waals surface area contributed by atoms with E-state index in [1.54, 1.807) is 0 Å². The molecule has 0 bridgehead atoms. The molecule has 0 atom stereocenters. The molecule has 6 aromatic heterocycles. The molecule has 2 aromatic carbocycles. The van der Waals surface area contributed by atoms with E-state index >= 15 is 0 Å². The van der Waals surface area contributed by atoms with Crippen LogP contribution in [0.2, 0.25) is 0 Å². The van der Waals surface area contributed by atoms with Gasteiger partial charge in [-0.1, -0.05) is 0 Å². The maximum absolute atomic E-state index is 2.45. The average molecular weight is 611 g/mol. The van der Waals surface area contributed by atoms with E-state index in [4.69, 9.17) is 0 Å². The van der Waals surface area contributed by atoms with Crippen LogP contribution in [0.3, 0.4) is 0 Å². The van der Waals surface area contributed by atoms with Crippen LogP contribution in [0.1, 0.15) is 0 Å². The third-order valence-corrected chi connectivity index (χ3v) is 15.0. The number of rotatable bonds is 2. The summed E-state index contributed by atoms with van der Waals surface area (Å²) < 4.78 is 11.6. The topological polar surface area (TPSA) is 0 Å². The molecule has 0 saturated carbocycles. The Morgan fingerprint density at radius 3 is 1.44 bits per heavy atom. The molecular formula is C26H12S4Se2. The van der Waals surface area contributed by atoms with Crippen molar-refractivity contribution in [1.82, 2.24) is 0 Å². The minimum absolute atomic E-state index is 0.496. The first-order valence-electron chi connectivity index (χ1n) is 10.1. The van der Waals surface area contributed by atoms with E-state index in [0.29, 0.717) is 29.0 Å². The molecule has 6 heterocycles. The van der Waals surface area contributed by atoms with E-state index in [-0.39, 0.29) is 0 Å². The van der Waals surface area contributed by atoms with Gasteiger partial charge in [0.25, 0.3) is 0 Å². The van der Waals surface area contributed by atoms with Crippen LogP contribution in [0.25, 0.3) is 68.4 Å². The molecule has 0 aliphatic heterocycles. The predicted octanol–water partition coefficient (Wildman–Crippen LogP) is 9.15. The van der Waals surface area contributed by atoms with E-state index in [1.165, 1.54) is 68.4 Å². The van der Waals surface area contributed by atoms with Gasteiger partial charge in [-0.2, -0.15) is 0 Å². The van der Waals surface area contributed by atoms with Crippen molar-refractivity contribution < 1.29 is 0 Å². The predicted molar refractivity (Wildman–Crippen MR) is 150 cm³/mol. The quantitative estimate of drug-likeness (QED) is 0.171. The number of benzene rings is 2. The average Bonchev–Trinajstić information content (AvgIpc) is 3.61. The standard InChI is InChI=1S/C26H12S4Se2/c1-3-23(31-5-1)21-9-13-7-19-15(11-17(13)27-21)25-26(29-19)16-12-18-14(8-20(16)30-25)10-22(28-18)24-4-2-6-32-24/h1-12H. The van der Waals surface area contributed by atoms with Crippen LogP contribution >= 0.6 is 45.3 Å². The second-order valence-electron chi connectivity index (χ2n) is 7.81. The van der Waals surface area contributed by atoms with Crippen molar-refractivity contribution in [2.45, 2.75) is 0 Å². The van der Waals surface area contributed by atoms with Crippen LogP contribution in [-0.2, 0) is 0 Å². The second kappa shape index (κ2) is 7.02. The number of hydrogen-bond donors (Lipinski definition) is 0. The Morgan fingerprint density at radius 1 is 0.500 bits per heavy atom. The normalized spacial score (nSPS) is 12.4. The number of hydrogen-bond acceptors (Lipinski definition) is 4. The first kappa shape index (κ1) is 18.9. The van der Waals surface area contributed by atoms with E-state index in [1.807, 2.05) is 45.3 Å². The van der Waals surface area contributed by atoms with Gasteiger partial charge < -0.3 is 0 Å². The molecule has 0 unspecified atom stereocenters. The second-order valence-corrected chi connectivity index (χ2v) is 16.1. The Labute approximate surface area is 211 Å². The Bertz CT molecular complexity index is 1780. The fourth-order valence-corrected chi connectivity index (χ4v) is 12.8. The molecular weight excluding hydrogens is 598 g/mol. The zero-order valence-electron chi connectivity index (χ0n) is 16.4. The van der Waals surface area contributed by atoms with Crippen LogP contribution in [0, 0.1) is 0 Å². The molecule has 0 saturated heterocycles. The third kappa shape index (κ3) is 2.76. The Morgan fingerprint density at radius 2 is 1.00 bits per heavy atom. The van der Waals surface area contributed by atoms with Gasteiger partial charge in [-0.15, -0.1) is 0 Å². The summed E-state index contributed by atoms with van der Waals surface area (Å²) in [7, 11) is 0. The van der Waals surface area contributed by atoms with E-state index < -0.39 is 0 Å². The van der Waals surface area contributed by atoms with Crippen molar-refractivity contribution in [1.29, 1.82) is 0 Å². The molecule has 152 valence electrons. The molecule has 0 aliphatic carbocycles. The summed E-state index contributed by atoms with van der Waals surface area (Å²) in [5.41, 5.74) is 0. The van der Waals surface area contributed by atoms with Gasteiger partial charge in [0.1, 0.15) is 0 Å². The zero-order valence-corrected chi connectivity index (χ0v) is 23.1. The monoisotopic (exact) mass is 612 g/mol. The van der Waals surface area contributed by atoms with Gasteiger partial charge >= 0.3 is 213 Å². The summed E-state index contributed by atoms with van der Waals surface area (Å²) in [4.78, 5) is 7.50. The van der Waals surface area contributed by atoms with Crippen LogP contribution in [0.5, 0.6) is 0 Å². The van der Waals surface area contributed by atoms with Crippen LogP contribution < -0.4 is 0 Å². The Kier molecular flexibility index (Phi) is 4.15. The van der Waals surface area contributed by atoms with Crippen molar-refractivity contribution in [3.63, 3.8) is 0 Å². The Hall–Kier alpha value is -1.46. The molecule has 6 heteroatoms. The van der Waals surface area contributed by atoms with Crippen LogP contribution in [0.15, 0.2) is 70.5 Å². The van der Waals surface area contributed by atoms with Crippen molar-refractivity contribution >= 4 is 124 Å². The summed E-state index contributed by atoms with van der Waals surface area (Å²) >= 11 is 8.85. The fraction of sp³-hybridized carbons (Fsp3) is 0. The summed E-state index contributed by atoms with van der Waals surface area (Å²) in [5.74, 6) is 0. The Balaban J connectivity index is 1.35. The summed E-state index contributed by atoms with van der Waals surface area (Å²) in [6.07, 6.45) is 0. The van der Waals surface area contributed by atoms with Gasteiger partial charge in [0, 0.05) is 0 Å². The molecule has 32 heavy (non-hydrogen) atoms. The van der Waals surface area contributed by atoms with Crippen LogP contribution in [-0.4, -0.2) is 29.0 Å². The molecule has 0 amide bonds. The van der Waals surface area contributed by atoms with Gasteiger partial charge in [0.15, 0.2) is 0 Å². The van der Waals surface area contributed by atoms with Crippen LogP contribution in [0.4, 0.5) is 0 Å². The van der Waals surface area contributed by atoms with Gasteiger partial charge in [0.05, 0.1) is 0 Å². The zero-order chi connectivity index (χ0) is 20.8. The molecule has 8 aromatic rings. The summed E-state index contributed by atoms with van der Waals surface area (Å²) in [6.45, 7) is 0. The first-order chi connectivity index (χ1) is 15.8. The van der Waals surface area contributed by atoms with Gasteiger partial charge in [-0.25, -0.2) is 0 Å². The first-order valence-corrected chi connectivity index (χ1v) is 17.1. The summed E-state index contributed by atoms with van der Waals surface area (Å²) in [5, 5.41) is 5.66. The maximum atomic E-state index is 2.45. The SMILES string of the molecule is c1c[se]c(-c2cc3cc4sc5c6cc7sc(-c8ccc[se]8)cc7cc6sc5c4cc3s2)c1.